The molecule has 0 aliphatic rings. The fraction of sp³-hybridized carbons (Fsp3) is 0.154. The Labute approximate surface area is 134 Å². The van der Waals surface area contributed by atoms with E-state index in [-0.39, 0.29) is 16.9 Å². The highest BCUT2D eigenvalue weighted by Gasteiger charge is 2.23. The average Bonchev–Trinajstić information content (AvgIpc) is 3.15. The first-order valence-electron chi connectivity index (χ1n) is 6.50. The number of carbonyl (C=O) groups is 1. The number of H-pyrrole nitrogens is 1. The SMILES string of the molecule is COc1ccccc1NC(=O)c1nnsc1-c1n[nH]n(C)c1=O. The minimum atomic E-state index is -0.497. The van der Waals surface area contributed by atoms with Crippen LogP contribution in [0.15, 0.2) is 29.1 Å². The molecule has 0 saturated heterocycles. The molecule has 0 atom stereocenters. The molecule has 0 bridgehead atoms. The van der Waals surface area contributed by atoms with Crippen LogP contribution in [0, 0.1) is 0 Å². The topological polar surface area (TPSA) is 115 Å². The number of para-hydroxylation sites is 2. The summed E-state index contributed by atoms with van der Waals surface area (Å²) in [4.78, 5) is 24.7. The van der Waals surface area contributed by atoms with Crippen molar-refractivity contribution in [2.45, 2.75) is 0 Å². The molecule has 0 unspecified atom stereocenters. The predicted molar refractivity (Wildman–Crippen MR) is 83.7 cm³/mol. The first kappa shape index (κ1) is 14.9. The quantitative estimate of drug-likeness (QED) is 0.733. The van der Waals surface area contributed by atoms with E-state index in [9.17, 15) is 9.59 Å². The first-order valence-corrected chi connectivity index (χ1v) is 7.27. The lowest BCUT2D eigenvalue weighted by atomic mass is 10.2. The molecule has 2 aromatic heterocycles. The number of hydrogen-bond acceptors (Lipinski definition) is 7. The van der Waals surface area contributed by atoms with Crippen molar-refractivity contribution in [2.75, 3.05) is 12.4 Å². The summed E-state index contributed by atoms with van der Waals surface area (Å²) in [6, 6.07) is 6.97. The summed E-state index contributed by atoms with van der Waals surface area (Å²) in [6.07, 6.45) is 0. The van der Waals surface area contributed by atoms with Gasteiger partial charge in [0.2, 0.25) is 0 Å². The van der Waals surface area contributed by atoms with Gasteiger partial charge in [-0.3, -0.25) is 9.59 Å². The molecule has 0 spiro atoms. The molecular formula is C13H12N6O3S. The van der Waals surface area contributed by atoms with Crippen molar-refractivity contribution < 1.29 is 9.53 Å². The zero-order valence-electron chi connectivity index (χ0n) is 12.2. The Morgan fingerprint density at radius 1 is 1.39 bits per heavy atom. The fourth-order valence-corrected chi connectivity index (χ4v) is 2.59. The van der Waals surface area contributed by atoms with Crippen LogP contribution in [0.1, 0.15) is 10.5 Å². The van der Waals surface area contributed by atoms with Gasteiger partial charge in [-0.05, 0) is 23.7 Å². The van der Waals surface area contributed by atoms with Crippen LogP contribution in [-0.2, 0) is 7.05 Å². The number of rotatable bonds is 4. The lowest BCUT2D eigenvalue weighted by molar-refractivity contribution is 0.102. The molecule has 2 N–H and O–H groups in total. The number of benzene rings is 1. The minimum Gasteiger partial charge on any atom is -0.495 e. The van der Waals surface area contributed by atoms with Crippen molar-refractivity contribution in [2.24, 2.45) is 7.05 Å². The minimum absolute atomic E-state index is 0.0325. The van der Waals surface area contributed by atoms with Gasteiger partial charge < -0.3 is 10.1 Å². The van der Waals surface area contributed by atoms with Crippen LogP contribution in [0.4, 0.5) is 5.69 Å². The number of aromatic amines is 1. The van der Waals surface area contributed by atoms with Crippen molar-refractivity contribution in [3.05, 3.63) is 40.3 Å². The second-order valence-corrected chi connectivity index (χ2v) is 5.28. The molecule has 118 valence electrons. The number of methoxy groups -OCH3 is 1. The van der Waals surface area contributed by atoms with Gasteiger partial charge in [0.05, 0.1) is 12.8 Å². The molecular weight excluding hydrogens is 320 g/mol. The number of carbonyl (C=O) groups excluding carboxylic acids is 1. The van der Waals surface area contributed by atoms with Gasteiger partial charge in [0, 0.05) is 7.05 Å². The van der Waals surface area contributed by atoms with Gasteiger partial charge in [0.15, 0.2) is 11.4 Å². The molecule has 0 saturated carbocycles. The number of aryl methyl sites for hydroxylation is 1. The van der Waals surface area contributed by atoms with Gasteiger partial charge in [0.25, 0.3) is 11.5 Å². The summed E-state index contributed by atoms with van der Waals surface area (Å²) in [5, 5.41) is 12.9. The second kappa shape index (κ2) is 6.01. The number of aromatic nitrogens is 5. The van der Waals surface area contributed by atoms with E-state index in [1.54, 1.807) is 24.3 Å². The van der Waals surface area contributed by atoms with Crippen molar-refractivity contribution in [3.63, 3.8) is 0 Å². The average molecular weight is 332 g/mol. The van der Waals surface area contributed by atoms with Crippen LogP contribution in [0.25, 0.3) is 10.6 Å². The summed E-state index contributed by atoms with van der Waals surface area (Å²) in [5.74, 6) is 0.0181. The number of ether oxygens (including phenoxy) is 1. The third-order valence-electron chi connectivity index (χ3n) is 3.09. The molecule has 2 heterocycles. The Kier molecular flexibility index (Phi) is 3.89. The second-order valence-electron chi connectivity index (χ2n) is 4.53. The summed E-state index contributed by atoms with van der Waals surface area (Å²) < 4.78 is 10.1. The van der Waals surface area contributed by atoms with Gasteiger partial charge in [-0.15, -0.1) is 5.10 Å². The van der Waals surface area contributed by atoms with Crippen LogP contribution < -0.4 is 15.6 Å². The number of amides is 1. The molecule has 1 aromatic carbocycles. The van der Waals surface area contributed by atoms with Gasteiger partial charge in [-0.1, -0.05) is 16.6 Å². The summed E-state index contributed by atoms with van der Waals surface area (Å²) in [5.41, 5.74) is 0.272. The highest BCUT2D eigenvalue weighted by molar-refractivity contribution is 7.09. The molecule has 3 aromatic rings. The molecule has 1 amide bonds. The van der Waals surface area contributed by atoms with Crippen LogP contribution >= 0.6 is 11.5 Å². The van der Waals surface area contributed by atoms with E-state index in [4.69, 9.17) is 4.74 Å². The van der Waals surface area contributed by atoms with Crippen LogP contribution in [0.3, 0.4) is 0 Å². The first-order chi connectivity index (χ1) is 11.1. The summed E-state index contributed by atoms with van der Waals surface area (Å²) in [6.45, 7) is 0. The Morgan fingerprint density at radius 2 is 2.17 bits per heavy atom. The summed E-state index contributed by atoms with van der Waals surface area (Å²) >= 11 is 0.930. The highest BCUT2D eigenvalue weighted by atomic mass is 32.1. The maximum Gasteiger partial charge on any atom is 0.295 e. The Balaban J connectivity index is 1.94. The number of nitrogens with one attached hydrogen (secondary N) is 2. The van der Waals surface area contributed by atoms with E-state index < -0.39 is 5.91 Å². The smallest absolute Gasteiger partial charge is 0.295 e. The number of hydrogen-bond donors (Lipinski definition) is 2. The third-order valence-corrected chi connectivity index (χ3v) is 3.82. The highest BCUT2D eigenvalue weighted by Crippen LogP contribution is 2.26. The van der Waals surface area contributed by atoms with Gasteiger partial charge in [0.1, 0.15) is 10.6 Å². The van der Waals surface area contributed by atoms with Crippen LogP contribution in [0.5, 0.6) is 5.75 Å². The molecule has 0 radical (unpaired) electrons. The van der Waals surface area contributed by atoms with E-state index in [1.165, 1.54) is 18.8 Å². The van der Waals surface area contributed by atoms with Gasteiger partial charge >= 0.3 is 0 Å². The number of anilines is 1. The third kappa shape index (κ3) is 2.71. The molecule has 23 heavy (non-hydrogen) atoms. The van der Waals surface area contributed by atoms with E-state index in [2.05, 4.69) is 25.2 Å². The predicted octanol–water partition coefficient (Wildman–Crippen LogP) is 0.888. The van der Waals surface area contributed by atoms with Gasteiger partial charge in [-0.2, -0.15) is 5.10 Å². The van der Waals surface area contributed by atoms with Crippen LogP contribution in [0.2, 0.25) is 0 Å². The lowest BCUT2D eigenvalue weighted by Crippen LogP contribution is -2.17. The Hall–Kier alpha value is -3.01. The van der Waals surface area contributed by atoms with E-state index in [0.717, 1.165) is 11.5 Å². The largest absolute Gasteiger partial charge is 0.495 e. The van der Waals surface area contributed by atoms with Gasteiger partial charge in [-0.25, -0.2) is 9.90 Å². The molecule has 0 aliphatic heterocycles. The molecule has 10 heteroatoms. The fourth-order valence-electron chi connectivity index (χ4n) is 1.95. The zero-order valence-corrected chi connectivity index (χ0v) is 13.0. The number of nitrogens with zero attached hydrogens (tertiary/aromatic N) is 4. The van der Waals surface area contributed by atoms with Crippen molar-refractivity contribution in [3.8, 4) is 16.3 Å². The van der Waals surface area contributed by atoms with Crippen LogP contribution in [-0.4, -0.2) is 37.6 Å². The molecule has 0 aliphatic carbocycles. The standard InChI is InChI=1S/C13H12N6O3S/c1-19-13(21)10(15-17-19)11-9(16-18-23-11)12(20)14-7-5-3-4-6-8(7)22-2/h3-6,17H,1-2H3,(H,14,20). The monoisotopic (exact) mass is 332 g/mol. The molecule has 0 fully saturated rings. The maximum atomic E-state index is 12.4. The summed E-state index contributed by atoms with van der Waals surface area (Å²) in [7, 11) is 3.04. The maximum absolute atomic E-state index is 12.4. The van der Waals surface area contributed by atoms with E-state index in [1.807, 2.05) is 0 Å². The molecule has 9 nitrogen and oxygen atoms in total. The Morgan fingerprint density at radius 3 is 2.87 bits per heavy atom. The van der Waals surface area contributed by atoms with Crippen molar-refractivity contribution in [1.29, 1.82) is 0 Å². The Bertz CT molecular complexity index is 912. The normalized spacial score (nSPS) is 10.5. The van der Waals surface area contributed by atoms with Crippen molar-refractivity contribution in [1.82, 2.24) is 24.6 Å². The zero-order chi connectivity index (χ0) is 16.4. The lowest BCUT2D eigenvalue weighted by Gasteiger charge is -2.08. The van der Waals surface area contributed by atoms with Crippen molar-refractivity contribution >= 4 is 23.1 Å². The van der Waals surface area contributed by atoms with E-state index >= 15 is 0 Å². The molecule has 3 rings (SSSR count). The van der Waals surface area contributed by atoms with E-state index in [0.29, 0.717) is 16.3 Å².